The van der Waals surface area contributed by atoms with E-state index in [1.165, 1.54) is 31.5 Å². The van der Waals surface area contributed by atoms with Gasteiger partial charge in [-0.2, -0.15) is 0 Å². The zero-order valence-corrected chi connectivity index (χ0v) is 12.4. The van der Waals surface area contributed by atoms with Crippen molar-refractivity contribution in [3.8, 4) is 0 Å². The molecule has 0 spiro atoms. The molecule has 4 atom stereocenters. The second-order valence-corrected chi connectivity index (χ2v) is 6.83. The first-order valence-corrected chi connectivity index (χ1v) is 8.45. The van der Waals surface area contributed by atoms with Gasteiger partial charge in [-0.05, 0) is 49.4 Å². The van der Waals surface area contributed by atoms with Crippen molar-refractivity contribution in [2.24, 2.45) is 23.7 Å². The average molecular weight is 310 g/mol. The number of aromatic nitrogens is 3. The number of hydrogen-bond acceptors (Lipinski definition) is 2. The van der Waals surface area contributed by atoms with Crippen molar-refractivity contribution in [3.05, 3.63) is 11.6 Å². The Bertz CT molecular complexity index is 454. The molecule has 0 aliphatic heterocycles. The van der Waals surface area contributed by atoms with Crippen LogP contribution in [0.2, 0.25) is 0 Å². The minimum Gasteiger partial charge on any atom is -0.314 e. The van der Waals surface area contributed by atoms with Crippen LogP contribution in [0.4, 0.5) is 0 Å². The van der Waals surface area contributed by atoms with Gasteiger partial charge in [-0.25, -0.2) is 0 Å². The summed E-state index contributed by atoms with van der Waals surface area (Å²) in [4.78, 5) is 0. The molecule has 2 bridgehead atoms. The molecule has 3 fully saturated rings. The van der Waals surface area contributed by atoms with Crippen molar-refractivity contribution < 1.29 is 0 Å². The van der Waals surface area contributed by atoms with Gasteiger partial charge in [0.05, 0.1) is 5.33 Å². The molecule has 0 saturated heterocycles. The highest BCUT2D eigenvalue weighted by atomic mass is 79.9. The van der Waals surface area contributed by atoms with Crippen molar-refractivity contribution >= 4 is 15.9 Å². The van der Waals surface area contributed by atoms with E-state index in [0.717, 1.165) is 47.3 Å². The van der Waals surface area contributed by atoms with Gasteiger partial charge in [0.1, 0.15) is 11.6 Å². The minimum atomic E-state index is 0.753. The zero-order chi connectivity index (χ0) is 12.3. The van der Waals surface area contributed by atoms with Crippen LogP contribution in [0.15, 0.2) is 0 Å². The van der Waals surface area contributed by atoms with E-state index in [-0.39, 0.29) is 0 Å². The molecular formula is C14H20BrN3. The molecule has 3 aliphatic rings. The third kappa shape index (κ3) is 1.41. The summed E-state index contributed by atoms with van der Waals surface area (Å²) in [5.74, 6) is 7.14. The molecule has 0 amide bonds. The Hall–Kier alpha value is -0.380. The van der Waals surface area contributed by atoms with Gasteiger partial charge in [0, 0.05) is 12.5 Å². The predicted molar refractivity (Wildman–Crippen MR) is 73.5 cm³/mol. The normalized spacial score (nSPS) is 40.2. The molecule has 3 nitrogen and oxygen atoms in total. The first-order chi connectivity index (χ1) is 8.85. The average Bonchev–Trinajstić information content (AvgIpc) is 2.77. The number of hydrogen-bond donors (Lipinski definition) is 0. The van der Waals surface area contributed by atoms with E-state index in [9.17, 15) is 0 Å². The third-order valence-electron chi connectivity index (χ3n) is 5.46. The first-order valence-electron chi connectivity index (χ1n) is 7.33. The lowest BCUT2D eigenvalue weighted by molar-refractivity contribution is 0.456. The second-order valence-electron chi connectivity index (χ2n) is 6.27. The van der Waals surface area contributed by atoms with Gasteiger partial charge in [0.25, 0.3) is 0 Å². The molecule has 4 rings (SSSR count). The number of nitrogens with zero attached hydrogens (tertiary/aromatic N) is 3. The monoisotopic (exact) mass is 309 g/mol. The van der Waals surface area contributed by atoms with E-state index in [4.69, 9.17) is 0 Å². The summed E-state index contributed by atoms with van der Waals surface area (Å²) < 4.78 is 2.39. The third-order valence-corrected chi connectivity index (χ3v) is 5.96. The van der Waals surface area contributed by atoms with Crippen LogP contribution in [0.3, 0.4) is 0 Å². The number of alkyl halides is 1. The van der Waals surface area contributed by atoms with Gasteiger partial charge >= 0.3 is 0 Å². The van der Waals surface area contributed by atoms with Crippen LogP contribution in [-0.4, -0.2) is 14.8 Å². The second kappa shape index (κ2) is 4.06. The van der Waals surface area contributed by atoms with Crippen LogP contribution >= 0.6 is 15.9 Å². The van der Waals surface area contributed by atoms with Gasteiger partial charge in [-0.3, -0.25) is 0 Å². The molecule has 3 saturated carbocycles. The molecule has 18 heavy (non-hydrogen) atoms. The Morgan fingerprint density at radius 3 is 2.56 bits per heavy atom. The highest BCUT2D eigenvalue weighted by molar-refractivity contribution is 9.08. The Labute approximate surface area is 116 Å². The number of halogens is 1. The largest absolute Gasteiger partial charge is 0.314 e. The molecule has 1 heterocycles. The Morgan fingerprint density at radius 2 is 1.94 bits per heavy atom. The molecule has 1 aromatic rings. The quantitative estimate of drug-likeness (QED) is 0.799. The highest BCUT2D eigenvalue weighted by Crippen LogP contribution is 2.72. The van der Waals surface area contributed by atoms with E-state index in [0.29, 0.717) is 0 Å². The summed E-state index contributed by atoms with van der Waals surface area (Å²) >= 11 is 3.54. The fourth-order valence-corrected chi connectivity index (χ4v) is 5.25. The summed E-state index contributed by atoms with van der Waals surface area (Å²) in [6.07, 6.45) is 5.64. The van der Waals surface area contributed by atoms with Crippen molar-refractivity contribution in [2.75, 3.05) is 0 Å². The van der Waals surface area contributed by atoms with Crippen LogP contribution < -0.4 is 0 Å². The van der Waals surface area contributed by atoms with Crippen molar-refractivity contribution in [3.63, 3.8) is 0 Å². The highest BCUT2D eigenvalue weighted by Gasteiger charge is 2.66. The summed E-state index contributed by atoms with van der Waals surface area (Å²) in [6, 6.07) is 0. The maximum atomic E-state index is 4.53. The standard InChI is InChI=1S/C14H20BrN3/c1-2-5-18-10(7-15)16-17-14(18)13-11-8-3-4-9(6-8)12(11)13/h8-9,11-13H,2-7H2,1H3. The summed E-state index contributed by atoms with van der Waals surface area (Å²) in [5.41, 5.74) is 0. The lowest BCUT2D eigenvalue weighted by Gasteiger charge is -2.11. The van der Waals surface area contributed by atoms with Crippen LogP contribution in [-0.2, 0) is 11.9 Å². The van der Waals surface area contributed by atoms with Gasteiger partial charge in [0.15, 0.2) is 0 Å². The topological polar surface area (TPSA) is 30.7 Å². The smallest absolute Gasteiger partial charge is 0.143 e. The maximum Gasteiger partial charge on any atom is 0.143 e. The van der Waals surface area contributed by atoms with E-state index < -0.39 is 0 Å². The van der Waals surface area contributed by atoms with E-state index in [1.54, 1.807) is 0 Å². The number of rotatable bonds is 4. The maximum absolute atomic E-state index is 4.53. The molecule has 0 N–H and O–H groups in total. The van der Waals surface area contributed by atoms with Gasteiger partial charge < -0.3 is 4.57 Å². The van der Waals surface area contributed by atoms with E-state index in [1.807, 2.05) is 0 Å². The van der Waals surface area contributed by atoms with Crippen LogP contribution in [0.1, 0.15) is 50.2 Å². The Kier molecular flexibility index (Phi) is 2.58. The fourth-order valence-electron chi connectivity index (χ4n) is 4.83. The van der Waals surface area contributed by atoms with Crippen molar-refractivity contribution in [1.82, 2.24) is 14.8 Å². The first kappa shape index (κ1) is 11.4. The summed E-state index contributed by atoms with van der Waals surface area (Å²) in [5, 5.41) is 9.74. The van der Waals surface area contributed by atoms with E-state index in [2.05, 4.69) is 37.6 Å². The molecule has 98 valence electrons. The Balaban J connectivity index is 1.64. The molecule has 4 heteroatoms. The molecule has 4 unspecified atom stereocenters. The summed E-state index contributed by atoms with van der Waals surface area (Å²) in [6.45, 7) is 3.31. The molecule has 3 aliphatic carbocycles. The lowest BCUT2D eigenvalue weighted by Crippen LogP contribution is -2.09. The van der Waals surface area contributed by atoms with Crippen molar-refractivity contribution in [2.45, 2.75) is 50.4 Å². The molecule has 0 aromatic carbocycles. The van der Waals surface area contributed by atoms with Crippen molar-refractivity contribution in [1.29, 1.82) is 0 Å². The number of fused-ring (bicyclic) bond motifs is 5. The molecule has 1 aromatic heterocycles. The Morgan fingerprint density at radius 1 is 1.22 bits per heavy atom. The zero-order valence-electron chi connectivity index (χ0n) is 10.8. The van der Waals surface area contributed by atoms with Gasteiger partial charge in [0.2, 0.25) is 0 Å². The predicted octanol–water partition coefficient (Wildman–Crippen LogP) is 3.34. The van der Waals surface area contributed by atoms with Gasteiger partial charge in [-0.1, -0.05) is 22.9 Å². The minimum absolute atomic E-state index is 0.753. The summed E-state index contributed by atoms with van der Waals surface area (Å²) in [7, 11) is 0. The van der Waals surface area contributed by atoms with Crippen LogP contribution in [0, 0.1) is 23.7 Å². The molecular weight excluding hydrogens is 290 g/mol. The van der Waals surface area contributed by atoms with Crippen LogP contribution in [0.5, 0.6) is 0 Å². The van der Waals surface area contributed by atoms with Crippen LogP contribution in [0.25, 0.3) is 0 Å². The fraction of sp³-hybridized carbons (Fsp3) is 0.857. The lowest BCUT2D eigenvalue weighted by atomic mass is 10.0. The van der Waals surface area contributed by atoms with Gasteiger partial charge in [-0.15, -0.1) is 10.2 Å². The molecule has 0 radical (unpaired) electrons. The van der Waals surface area contributed by atoms with E-state index >= 15 is 0 Å². The SMILES string of the molecule is CCCn1c(CBr)nnc1C1C2C3CCC(C3)C12.